The fourth-order valence-corrected chi connectivity index (χ4v) is 0.434. The summed E-state index contributed by atoms with van der Waals surface area (Å²) in [7, 11) is 0. The second-order valence-corrected chi connectivity index (χ2v) is 1.47. The molecule has 0 saturated heterocycles. The van der Waals surface area contributed by atoms with Gasteiger partial charge in [-0.05, 0) is 11.9 Å². The predicted molar refractivity (Wildman–Crippen MR) is 34.3 cm³/mol. The molecule has 0 aliphatic heterocycles. The summed E-state index contributed by atoms with van der Waals surface area (Å²) in [5, 5.41) is 2.17. The smallest absolute Gasteiger partial charge is 0.213 e. The molecule has 3 N–H and O–H groups in total. The monoisotopic (exact) mass is 133 g/mol. The van der Waals surface area contributed by atoms with E-state index in [4.69, 9.17) is 5.73 Å². The van der Waals surface area contributed by atoms with Crippen LogP contribution in [0, 0.1) is 0 Å². The van der Waals surface area contributed by atoms with Gasteiger partial charge in [-0.25, -0.2) is 0 Å². The molecule has 0 rings (SSSR count). The first-order valence-electron chi connectivity index (χ1n) is 1.88. The van der Waals surface area contributed by atoms with Crippen molar-refractivity contribution in [2.45, 2.75) is 0 Å². The van der Waals surface area contributed by atoms with E-state index in [9.17, 15) is 4.79 Å². The van der Waals surface area contributed by atoms with Crippen LogP contribution < -0.4 is 11.1 Å². The van der Waals surface area contributed by atoms with Crippen LogP contribution >= 0.6 is 11.9 Å². The molecular weight excluding hydrogens is 126 g/mol. The van der Waals surface area contributed by atoms with Gasteiger partial charge in [0.25, 0.3) is 0 Å². The van der Waals surface area contributed by atoms with Crippen LogP contribution in [0.3, 0.4) is 0 Å². The van der Waals surface area contributed by atoms with Gasteiger partial charge in [-0.3, -0.25) is 10.1 Å². The molecule has 1 amide bonds. The average Bonchev–Trinajstić information content (AvgIpc) is 1.68. The molecule has 0 aliphatic rings. The van der Waals surface area contributed by atoms with Gasteiger partial charge in [0, 0.05) is 6.26 Å². The second-order valence-electron chi connectivity index (χ2n) is 0.921. The summed E-state index contributed by atoms with van der Waals surface area (Å²) in [4.78, 5) is 9.61. The van der Waals surface area contributed by atoms with Crippen LogP contribution in [0.25, 0.3) is 0 Å². The van der Waals surface area contributed by atoms with Gasteiger partial charge in [0.2, 0.25) is 12.4 Å². The van der Waals surface area contributed by atoms with Crippen LogP contribution in [-0.4, -0.2) is 18.6 Å². The van der Waals surface area contributed by atoms with Crippen molar-refractivity contribution in [2.24, 2.45) is 10.1 Å². The van der Waals surface area contributed by atoms with Gasteiger partial charge in [-0.15, -0.1) is 0 Å². The van der Waals surface area contributed by atoms with Gasteiger partial charge >= 0.3 is 0 Å². The molecule has 0 aromatic heterocycles. The Morgan fingerprint density at radius 3 is 3.00 bits per heavy atom. The summed E-state index contributed by atoms with van der Waals surface area (Å²) in [5.41, 5.74) is 5.08. The SMILES string of the molecule is CS/N=C(/N)NC=O. The van der Waals surface area contributed by atoms with E-state index in [1.807, 2.05) is 0 Å². The third-order valence-corrected chi connectivity index (χ3v) is 0.776. The topological polar surface area (TPSA) is 67.5 Å². The van der Waals surface area contributed by atoms with E-state index in [1.165, 1.54) is 11.9 Å². The van der Waals surface area contributed by atoms with E-state index in [-0.39, 0.29) is 5.96 Å². The van der Waals surface area contributed by atoms with Gasteiger partial charge < -0.3 is 5.73 Å². The zero-order valence-corrected chi connectivity index (χ0v) is 5.23. The highest BCUT2D eigenvalue weighted by atomic mass is 32.2. The van der Waals surface area contributed by atoms with Gasteiger partial charge in [0.1, 0.15) is 0 Å². The highest BCUT2D eigenvalue weighted by Crippen LogP contribution is 1.88. The molecular formula is C3H7N3OS. The van der Waals surface area contributed by atoms with Crippen LogP contribution in [0.4, 0.5) is 0 Å². The molecule has 0 aromatic rings. The molecule has 0 heterocycles. The van der Waals surface area contributed by atoms with Crippen LogP contribution in [0.1, 0.15) is 0 Å². The van der Waals surface area contributed by atoms with Crippen molar-refractivity contribution in [3.8, 4) is 0 Å². The standard InChI is InChI=1S/C3H7N3OS/c1-8-6-3(4)5-2-7/h2H,1H3,(H3,4,5,6,7). The van der Waals surface area contributed by atoms with E-state index in [0.717, 1.165) is 0 Å². The van der Waals surface area contributed by atoms with E-state index < -0.39 is 0 Å². The quantitative estimate of drug-likeness (QED) is 0.227. The van der Waals surface area contributed by atoms with Crippen molar-refractivity contribution in [3.63, 3.8) is 0 Å². The minimum atomic E-state index is 0.132. The number of guanidine groups is 1. The maximum absolute atomic E-state index is 9.61. The molecule has 4 nitrogen and oxygen atoms in total. The van der Waals surface area contributed by atoms with Crippen molar-refractivity contribution < 1.29 is 4.79 Å². The van der Waals surface area contributed by atoms with Crippen molar-refractivity contribution in [1.29, 1.82) is 0 Å². The Morgan fingerprint density at radius 1 is 2.00 bits per heavy atom. The molecule has 5 heteroatoms. The average molecular weight is 133 g/mol. The van der Waals surface area contributed by atoms with Crippen LogP contribution in [0.2, 0.25) is 0 Å². The Labute approximate surface area is 51.7 Å². The van der Waals surface area contributed by atoms with Gasteiger partial charge in [-0.2, -0.15) is 4.40 Å². The number of carbonyl (C=O) groups excluding carboxylic acids is 1. The van der Waals surface area contributed by atoms with E-state index in [0.29, 0.717) is 6.41 Å². The fraction of sp³-hybridized carbons (Fsp3) is 0.333. The summed E-state index contributed by atoms with van der Waals surface area (Å²) < 4.78 is 3.58. The molecule has 0 spiro atoms. The predicted octanol–water partition coefficient (Wildman–Crippen LogP) is -0.675. The van der Waals surface area contributed by atoms with E-state index in [2.05, 4.69) is 9.71 Å². The third-order valence-electron chi connectivity index (χ3n) is 0.396. The second kappa shape index (κ2) is 4.45. The summed E-state index contributed by atoms with van der Waals surface area (Å²) in [6.45, 7) is 0. The summed E-state index contributed by atoms with van der Waals surface area (Å²) >= 11 is 1.19. The first-order chi connectivity index (χ1) is 3.81. The zero-order valence-electron chi connectivity index (χ0n) is 4.42. The molecule has 8 heavy (non-hydrogen) atoms. The molecule has 0 saturated carbocycles. The van der Waals surface area contributed by atoms with Gasteiger partial charge in [-0.1, -0.05) is 0 Å². The number of amides is 1. The lowest BCUT2D eigenvalue weighted by Crippen LogP contribution is -2.29. The molecule has 46 valence electrons. The van der Waals surface area contributed by atoms with Crippen LogP contribution in [0.5, 0.6) is 0 Å². The number of nitrogens with two attached hydrogens (primary N) is 1. The highest BCUT2D eigenvalue weighted by Gasteiger charge is 1.81. The third kappa shape index (κ3) is 3.48. The van der Waals surface area contributed by atoms with E-state index >= 15 is 0 Å². The summed E-state index contributed by atoms with van der Waals surface area (Å²) in [6.07, 6.45) is 2.23. The summed E-state index contributed by atoms with van der Waals surface area (Å²) in [6, 6.07) is 0. The molecule has 0 unspecified atom stereocenters. The number of nitrogens with zero attached hydrogens (tertiary/aromatic N) is 1. The number of hydrogen-bond donors (Lipinski definition) is 2. The summed E-state index contributed by atoms with van der Waals surface area (Å²) in [5.74, 6) is 0.132. The van der Waals surface area contributed by atoms with Gasteiger partial charge in [0.15, 0.2) is 0 Å². The molecule has 0 atom stereocenters. The zero-order chi connectivity index (χ0) is 6.41. The first-order valence-corrected chi connectivity index (χ1v) is 3.06. The molecule has 0 aromatic carbocycles. The lowest BCUT2D eigenvalue weighted by atomic mass is 11.0. The maximum Gasteiger partial charge on any atom is 0.213 e. The Bertz CT molecular complexity index is 103. The maximum atomic E-state index is 9.61. The Hall–Kier alpha value is -0.710. The number of hydrogen-bond acceptors (Lipinski definition) is 3. The Morgan fingerprint density at radius 2 is 2.62 bits per heavy atom. The lowest BCUT2D eigenvalue weighted by Gasteiger charge is -1.90. The van der Waals surface area contributed by atoms with Crippen molar-refractivity contribution >= 4 is 24.3 Å². The van der Waals surface area contributed by atoms with Crippen molar-refractivity contribution in [3.05, 3.63) is 0 Å². The fourth-order valence-electron chi connectivity index (χ4n) is 0.185. The number of rotatable bonds is 2. The molecule has 0 bridgehead atoms. The Kier molecular flexibility index (Phi) is 4.05. The Balaban J connectivity index is 3.44. The van der Waals surface area contributed by atoms with Crippen LogP contribution in [-0.2, 0) is 4.79 Å². The van der Waals surface area contributed by atoms with Crippen molar-refractivity contribution in [2.75, 3.05) is 6.26 Å². The van der Waals surface area contributed by atoms with Crippen LogP contribution in [0.15, 0.2) is 4.40 Å². The van der Waals surface area contributed by atoms with Gasteiger partial charge in [0.05, 0.1) is 0 Å². The molecule has 0 aliphatic carbocycles. The highest BCUT2D eigenvalue weighted by molar-refractivity contribution is 7.97. The minimum absolute atomic E-state index is 0.132. The van der Waals surface area contributed by atoms with E-state index in [1.54, 1.807) is 6.26 Å². The number of carbonyl (C=O) groups is 1. The lowest BCUT2D eigenvalue weighted by molar-refractivity contribution is -0.108. The molecule has 0 fully saturated rings. The molecule has 0 radical (unpaired) electrons. The number of nitrogens with one attached hydrogen (secondary N) is 1. The first kappa shape index (κ1) is 7.29. The van der Waals surface area contributed by atoms with Crippen molar-refractivity contribution in [1.82, 2.24) is 5.32 Å². The minimum Gasteiger partial charge on any atom is -0.369 e. The largest absolute Gasteiger partial charge is 0.369 e. The normalized spacial score (nSPS) is 10.9.